The molecule has 0 amide bonds. The number of esters is 1. The highest BCUT2D eigenvalue weighted by Crippen LogP contribution is 2.36. The van der Waals surface area contributed by atoms with E-state index >= 15 is 0 Å². The van der Waals surface area contributed by atoms with Crippen LogP contribution >= 0.6 is 11.3 Å². The molecule has 0 spiro atoms. The first-order valence-electron chi connectivity index (χ1n) is 12.5. The van der Waals surface area contributed by atoms with Gasteiger partial charge in [-0.25, -0.2) is 9.79 Å². The molecular weight excluding hydrogens is 500 g/mol. The fourth-order valence-corrected chi connectivity index (χ4v) is 5.50. The standard InChI is InChI=1S/C30H28N2O5S/c1-5-35-29(34)26-19(4)31-30-32(27(26)22-13-9-10-14-24(22)36-18(2)3)28(33)25(38-30)17-21-15-16-23(37-21)20-11-7-6-8-12-20/h6-18,27H,5H2,1-4H3/b25-17+/t27-/m0/s1. The number of carbonyl (C=O) groups excluding carboxylic acids is 1. The minimum Gasteiger partial charge on any atom is -0.491 e. The van der Waals surface area contributed by atoms with Gasteiger partial charge in [0.25, 0.3) is 5.56 Å². The van der Waals surface area contributed by atoms with E-state index in [1.807, 2.05) is 80.6 Å². The number of rotatable bonds is 7. The first-order valence-corrected chi connectivity index (χ1v) is 13.3. The average molecular weight is 529 g/mol. The SMILES string of the molecule is CCOC(=O)C1=C(C)N=c2s/c(=C/c3ccc(-c4ccccc4)o3)c(=O)n2[C@H]1c1ccccc1OC(C)C. The van der Waals surface area contributed by atoms with Crippen LogP contribution in [0.3, 0.4) is 0 Å². The monoisotopic (exact) mass is 528 g/mol. The lowest BCUT2D eigenvalue weighted by molar-refractivity contribution is -0.139. The summed E-state index contributed by atoms with van der Waals surface area (Å²) in [6.07, 6.45) is 1.62. The predicted molar refractivity (Wildman–Crippen MR) is 147 cm³/mol. The number of fused-ring (bicyclic) bond motifs is 1. The highest BCUT2D eigenvalue weighted by molar-refractivity contribution is 7.07. The molecule has 4 aromatic rings. The van der Waals surface area contributed by atoms with Crippen molar-refractivity contribution in [3.05, 3.63) is 109 Å². The molecular formula is C30H28N2O5S. The van der Waals surface area contributed by atoms with Crippen molar-refractivity contribution in [2.24, 2.45) is 4.99 Å². The van der Waals surface area contributed by atoms with Gasteiger partial charge in [-0.2, -0.15) is 0 Å². The number of carbonyl (C=O) groups is 1. The maximum absolute atomic E-state index is 13.9. The zero-order chi connectivity index (χ0) is 26.8. The molecule has 3 heterocycles. The third-order valence-corrected chi connectivity index (χ3v) is 7.03. The van der Waals surface area contributed by atoms with E-state index in [1.54, 1.807) is 24.5 Å². The molecule has 5 rings (SSSR count). The highest BCUT2D eigenvalue weighted by atomic mass is 32.1. The van der Waals surface area contributed by atoms with Crippen molar-refractivity contribution < 1.29 is 18.7 Å². The fraction of sp³-hybridized carbons (Fsp3) is 0.233. The largest absolute Gasteiger partial charge is 0.491 e. The van der Waals surface area contributed by atoms with Crippen LogP contribution in [0.4, 0.5) is 0 Å². The van der Waals surface area contributed by atoms with Crippen LogP contribution in [0.25, 0.3) is 17.4 Å². The Hall–Kier alpha value is -4.17. The number of para-hydroxylation sites is 1. The fourth-order valence-electron chi connectivity index (χ4n) is 4.47. The van der Waals surface area contributed by atoms with Crippen LogP contribution in [0.2, 0.25) is 0 Å². The first-order chi connectivity index (χ1) is 18.4. The Kier molecular flexibility index (Phi) is 7.15. The zero-order valence-corrected chi connectivity index (χ0v) is 22.5. The van der Waals surface area contributed by atoms with E-state index < -0.39 is 12.0 Å². The van der Waals surface area contributed by atoms with E-state index in [2.05, 4.69) is 4.99 Å². The van der Waals surface area contributed by atoms with E-state index in [9.17, 15) is 9.59 Å². The maximum atomic E-state index is 13.9. The third kappa shape index (κ3) is 4.87. The maximum Gasteiger partial charge on any atom is 0.338 e. The van der Waals surface area contributed by atoms with Gasteiger partial charge in [0.2, 0.25) is 0 Å². The quantitative estimate of drug-likeness (QED) is 0.321. The summed E-state index contributed by atoms with van der Waals surface area (Å²) in [4.78, 5) is 32.2. The van der Waals surface area contributed by atoms with Gasteiger partial charge in [0.1, 0.15) is 23.3 Å². The number of allylic oxidation sites excluding steroid dienone is 1. The summed E-state index contributed by atoms with van der Waals surface area (Å²) in [6, 6.07) is 20.2. The Morgan fingerprint density at radius 1 is 1.11 bits per heavy atom. The van der Waals surface area contributed by atoms with Crippen LogP contribution in [-0.4, -0.2) is 23.2 Å². The average Bonchev–Trinajstić information content (AvgIpc) is 3.48. The van der Waals surface area contributed by atoms with Crippen molar-refractivity contribution >= 4 is 23.4 Å². The number of aromatic nitrogens is 1. The van der Waals surface area contributed by atoms with Gasteiger partial charge in [0.15, 0.2) is 4.80 Å². The van der Waals surface area contributed by atoms with E-state index in [0.29, 0.717) is 43.4 Å². The number of thiazole rings is 1. The van der Waals surface area contributed by atoms with Gasteiger partial charge >= 0.3 is 5.97 Å². The Bertz CT molecular complexity index is 1690. The molecule has 1 aliphatic rings. The molecule has 0 saturated carbocycles. The van der Waals surface area contributed by atoms with Gasteiger partial charge in [0, 0.05) is 17.2 Å². The molecule has 8 heteroatoms. The molecule has 0 bridgehead atoms. The van der Waals surface area contributed by atoms with Crippen LogP contribution in [-0.2, 0) is 9.53 Å². The number of benzene rings is 2. The molecule has 194 valence electrons. The topological polar surface area (TPSA) is 83.0 Å². The zero-order valence-electron chi connectivity index (χ0n) is 21.6. The lowest BCUT2D eigenvalue weighted by Crippen LogP contribution is -2.40. The summed E-state index contributed by atoms with van der Waals surface area (Å²) >= 11 is 1.25. The molecule has 38 heavy (non-hydrogen) atoms. The molecule has 0 radical (unpaired) electrons. The van der Waals surface area contributed by atoms with E-state index in [1.165, 1.54) is 11.3 Å². The van der Waals surface area contributed by atoms with Crippen molar-refractivity contribution in [3.63, 3.8) is 0 Å². The molecule has 2 aromatic heterocycles. The molecule has 7 nitrogen and oxygen atoms in total. The van der Waals surface area contributed by atoms with Crippen molar-refractivity contribution in [3.8, 4) is 17.1 Å². The Labute approximate surface area is 224 Å². The predicted octanol–water partition coefficient (Wildman–Crippen LogP) is 4.85. The van der Waals surface area contributed by atoms with E-state index in [4.69, 9.17) is 13.9 Å². The molecule has 0 unspecified atom stereocenters. The van der Waals surface area contributed by atoms with E-state index in [-0.39, 0.29) is 18.3 Å². The van der Waals surface area contributed by atoms with Gasteiger partial charge in [-0.3, -0.25) is 9.36 Å². The van der Waals surface area contributed by atoms with Crippen LogP contribution < -0.4 is 19.6 Å². The highest BCUT2D eigenvalue weighted by Gasteiger charge is 2.35. The van der Waals surface area contributed by atoms with Crippen LogP contribution in [0.1, 0.15) is 45.1 Å². The van der Waals surface area contributed by atoms with Gasteiger partial charge in [-0.15, -0.1) is 0 Å². The summed E-state index contributed by atoms with van der Waals surface area (Å²) in [6.45, 7) is 7.59. The number of hydrogen-bond acceptors (Lipinski definition) is 7. The van der Waals surface area contributed by atoms with Crippen molar-refractivity contribution in [2.75, 3.05) is 6.61 Å². The second-order valence-electron chi connectivity index (χ2n) is 9.07. The van der Waals surface area contributed by atoms with Crippen LogP contribution in [0.15, 0.2) is 92.2 Å². The lowest BCUT2D eigenvalue weighted by Gasteiger charge is -2.26. The molecule has 1 aliphatic heterocycles. The number of furan rings is 1. The Morgan fingerprint density at radius 3 is 2.58 bits per heavy atom. The molecule has 0 N–H and O–H groups in total. The van der Waals surface area contributed by atoms with Crippen molar-refractivity contribution in [2.45, 2.75) is 39.8 Å². The second-order valence-corrected chi connectivity index (χ2v) is 10.1. The summed E-state index contributed by atoms with van der Waals surface area (Å²) in [5, 5.41) is 0. The van der Waals surface area contributed by atoms with Gasteiger partial charge in [-0.05, 0) is 45.9 Å². The molecule has 1 atom stereocenters. The van der Waals surface area contributed by atoms with Gasteiger partial charge in [0.05, 0.1) is 28.5 Å². The van der Waals surface area contributed by atoms with Gasteiger partial charge in [-0.1, -0.05) is 59.9 Å². The Balaban J connectivity index is 1.68. The lowest BCUT2D eigenvalue weighted by atomic mass is 9.95. The second kappa shape index (κ2) is 10.7. The summed E-state index contributed by atoms with van der Waals surface area (Å²) in [5.74, 6) is 1.35. The Morgan fingerprint density at radius 2 is 1.84 bits per heavy atom. The summed E-state index contributed by atoms with van der Waals surface area (Å²) in [7, 11) is 0. The van der Waals surface area contributed by atoms with Crippen molar-refractivity contribution in [1.29, 1.82) is 0 Å². The molecule has 2 aromatic carbocycles. The normalized spacial score (nSPS) is 15.4. The smallest absolute Gasteiger partial charge is 0.338 e. The number of ether oxygens (including phenoxy) is 2. The minimum atomic E-state index is -0.751. The van der Waals surface area contributed by atoms with Crippen LogP contribution in [0, 0.1) is 0 Å². The summed E-state index contributed by atoms with van der Waals surface area (Å²) < 4.78 is 19.5. The van der Waals surface area contributed by atoms with Crippen LogP contribution in [0.5, 0.6) is 5.75 Å². The molecule has 0 aliphatic carbocycles. The molecule has 0 saturated heterocycles. The molecule has 0 fully saturated rings. The third-order valence-electron chi connectivity index (χ3n) is 6.05. The van der Waals surface area contributed by atoms with E-state index in [0.717, 1.165) is 5.56 Å². The minimum absolute atomic E-state index is 0.0964. The van der Waals surface area contributed by atoms with Gasteiger partial charge < -0.3 is 13.9 Å². The number of nitrogens with zero attached hydrogens (tertiary/aromatic N) is 2. The number of hydrogen-bond donors (Lipinski definition) is 0. The first kappa shape index (κ1) is 25.5. The van der Waals surface area contributed by atoms with Crippen molar-refractivity contribution in [1.82, 2.24) is 4.57 Å². The summed E-state index contributed by atoms with van der Waals surface area (Å²) in [5.41, 5.74) is 2.19.